The molecule has 31 valence electrons. The zero-order chi connectivity index (χ0) is 2.71. The van der Waals surface area contributed by atoms with Gasteiger partial charge in [-0.15, -0.1) is 0 Å². The lowest BCUT2D eigenvalue weighted by atomic mass is 11.7. The van der Waals surface area contributed by atoms with E-state index in [-0.39, 0.29) is 29.3 Å². The maximum atomic E-state index is 8.36. The lowest BCUT2D eigenvalue weighted by Gasteiger charge is -1.34. The molecule has 3 nitrogen and oxygen atoms in total. The first-order chi connectivity index (χ1) is 1.41. The molecule has 0 atom stereocenters. The zero-order valence-electron chi connectivity index (χ0n) is 2.93. The average molecular weight is 93.0 g/mol. The van der Waals surface area contributed by atoms with Crippen molar-refractivity contribution in [2.24, 2.45) is 0 Å². The predicted molar refractivity (Wildman–Crippen MR) is 20.9 cm³/mol. The molecule has 0 heterocycles. The van der Waals surface area contributed by atoms with Gasteiger partial charge >= 0.3 is 0 Å². The Labute approximate surface area is 40.0 Å². The summed E-state index contributed by atoms with van der Waals surface area (Å²) < 4.78 is 0. The Morgan fingerprint density at radius 3 is 1.60 bits per heavy atom. The molecule has 0 amide bonds. The Bertz CT molecular complexity index is 14.4. The van der Waals surface area contributed by atoms with E-state index in [1.54, 1.807) is 0 Å². The van der Waals surface area contributed by atoms with E-state index in [0.717, 1.165) is 0 Å². The van der Waals surface area contributed by atoms with E-state index in [2.05, 4.69) is 0 Å². The van der Waals surface area contributed by atoms with Crippen LogP contribution in [0.15, 0.2) is 0 Å². The first-order valence-electron chi connectivity index (χ1n) is 0.494. The topological polar surface area (TPSA) is 68.8 Å². The smallest absolute Gasteiger partial charge is 0.290 e. The minimum Gasteiger partial charge on any atom is -0.483 e. The number of hydrogen-bond donors (Lipinski definition) is 1. The van der Waals surface area contributed by atoms with E-state index in [1.165, 1.54) is 0 Å². The minimum atomic E-state index is -0.250. The van der Waals surface area contributed by atoms with Gasteiger partial charge < -0.3 is 10.6 Å². The number of carbonyl (C=O) groups is 1. The standard InChI is InChI=1S/CH2O2.Al.H2O.2H/c2-1-3;;;;/h1H,(H,2,3);;1H2;;. The highest BCUT2D eigenvalue weighted by atomic mass is 27.0. The Kier molecular flexibility index (Phi) is 152. The summed E-state index contributed by atoms with van der Waals surface area (Å²) in [5.74, 6) is 0. The van der Waals surface area contributed by atoms with Crippen LogP contribution in [0.4, 0.5) is 0 Å². The van der Waals surface area contributed by atoms with Crippen molar-refractivity contribution in [3.63, 3.8) is 0 Å². The molecule has 0 unspecified atom stereocenters. The molecule has 0 aliphatic carbocycles. The molecular weight excluding hydrogens is 87.0 g/mol. The fourth-order valence-electron chi connectivity index (χ4n) is 0. The van der Waals surface area contributed by atoms with Crippen LogP contribution >= 0.6 is 0 Å². The quantitative estimate of drug-likeness (QED) is 0.277. The SMILES string of the molecule is O.O=CO.[AlH2]. The minimum absolute atomic E-state index is 0. The van der Waals surface area contributed by atoms with Crippen molar-refractivity contribution in [3.8, 4) is 0 Å². The summed E-state index contributed by atoms with van der Waals surface area (Å²) in [6.07, 6.45) is 0. The zero-order valence-corrected chi connectivity index (χ0v) is 4.93. The van der Waals surface area contributed by atoms with Crippen molar-refractivity contribution in [3.05, 3.63) is 0 Å². The highest BCUT2D eigenvalue weighted by molar-refractivity contribution is 5.75. The largest absolute Gasteiger partial charge is 0.483 e. The van der Waals surface area contributed by atoms with Crippen LogP contribution in [0.25, 0.3) is 0 Å². The second kappa shape index (κ2) is 37.5. The summed E-state index contributed by atoms with van der Waals surface area (Å²) in [6.45, 7) is -0.250. The molecule has 0 aliphatic heterocycles. The van der Waals surface area contributed by atoms with Crippen LogP contribution in [0.1, 0.15) is 0 Å². The van der Waals surface area contributed by atoms with Gasteiger partial charge in [0.05, 0.1) is 0 Å². The Hall–Kier alpha value is -0.0375. The second-order valence-electron chi connectivity index (χ2n) is 0.105. The van der Waals surface area contributed by atoms with Gasteiger partial charge in [-0.25, -0.2) is 0 Å². The maximum absolute atomic E-state index is 8.36. The molecule has 0 aromatic carbocycles. The van der Waals surface area contributed by atoms with Crippen LogP contribution in [0.2, 0.25) is 0 Å². The van der Waals surface area contributed by atoms with E-state index in [1.807, 2.05) is 0 Å². The Morgan fingerprint density at radius 1 is 1.60 bits per heavy atom. The monoisotopic (exact) mass is 93.0 g/mol. The van der Waals surface area contributed by atoms with E-state index in [0.29, 0.717) is 0 Å². The number of rotatable bonds is 0. The van der Waals surface area contributed by atoms with Crippen LogP contribution < -0.4 is 0 Å². The van der Waals surface area contributed by atoms with Gasteiger partial charge in [-0.2, -0.15) is 0 Å². The van der Waals surface area contributed by atoms with Gasteiger partial charge in [0.15, 0.2) is 0 Å². The van der Waals surface area contributed by atoms with Crippen molar-refractivity contribution in [1.82, 2.24) is 0 Å². The molecule has 1 radical (unpaired) electrons. The third-order valence-corrected chi connectivity index (χ3v) is 0. The van der Waals surface area contributed by atoms with E-state index < -0.39 is 0 Å². The lowest BCUT2D eigenvalue weighted by molar-refractivity contribution is -0.122. The molecule has 0 bridgehead atoms. The van der Waals surface area contributed by atoms with Gasteiger partial charge in [0, 0.05) is 0 Å². The second-order valence-corrected chi connectivity index (χ2v) is 0.105. The van der Waals surface area contributed by atoms with Crippen LogP contribution in [0.3, 0.4) is 0 Å². The number of hydrogen-bond acceptors (Lipinski definition) is 1. The molecule has 0 aromatic heterocycles. The Morgan fingerprint density at radius 2 is 1.60 bits per heavy atom. The van der Waals surface area contributed by atoms with Crippen molar-refractivity contribution in [2.45, 2.75) is 0 Å². The van der Waals surface area contributed by atoms with Gasteiger partial charge in [0.25, 0.3) is 6.47 Å². The molecule has 4 heteroatoms. The van der Waals surface area contributed by atoms with Crippen LogP contribution in [-0.4, -0.2) is 34.4 Å². The van der Waals surface area contributed by atoms with Gasteiger partial charge in [-0.1, -0.05) is 0 Å². The maximum Gasteiger partial charge on any atom is 0.290 e. The third kappa shape index (κ3) is 10800. The molecular formula is CH6AlO3. The van der Waals surface area contributed by atoms with E-state index >= 15 is 0 Å². The Balaban J connectivity index is -0.0000000200. The third-order valence-electron chi connectivity index (χ3n) is 0. The molecule has 5 heavy (non-hydrogen) atoms. The van der Waals surface area contributed by atoms with Crippen molar-refractivity contribution in [2.75, 3.05) is 0 Å². The summed E-state index contributed by atoms with van der Waals surface area (Å²) in [5.41, 5.74) is 0. The first kappa shape index (κ1) is 20.2. The lowest BCUT2D eigenvalue weighted by Crippen LogP contribution is -1.49. The summed E-state index contributed by atoms with van der Waals surface area (Å²) in [5, 5.41) is 6.89. The van der Waals surface area contributed by atoms with Gasteiger partial charge in [0.1, 0.15) is 17.4 Å². The predicted octanol–water partition coefficient (Wildman–Crippen LogP) is -2.04. The van der Waals surface area contributed by atoms with Crippen LogP contribution in [0, 0.1) is 0 Å². The molecule has 3 N–H and O–H groups in total. The molecule has 0 aliphatic rings. The van der Waals surface area contributed by atoms with E-state index in [4.69, 9.17) is 9.90 Å². The van der Waals surface area contributed by atoms with Crippen LogP contribution in [-0.2, 0) is 4.79 Å². The number of carboxylic acid groups (broad SMARTS) is 1. The fraction of sp³-hybridized carbons (Fsp3) is 0. The normalized spacial score (nSPS) is 2.40. The highest BCUT2D eigenvalue weighted by Crippen LogP contribution is 0.966. The molecule has 0 saturated heterocycles. The van der Waals surface area contributed by atoms with Crippen molar-refractivity contribution >= 4 is 23.8 Å². The van der Waals surface area contributed by atoms with Gasteiger partial charge in [-0.3, -0.25) is 4.79 Å². The summed E-state index contributed by atoms with van der Waals surface area (Å²) in [7, 11) is 0. The van der Waals surface area contributed by atoms with Crippen molar-refractivity contribution < 1.29 is 15.4 Å². The van der Waals surface area contributed by atoms with E-state index in [9.17, 15) is 0 Å². The van der Waals surface area contributed by atoms with Crippen LogP contribution in [0.5, 0.6) is 0 Å². The summed E-state index contributed by atoms with van der Waals surface area (Å²) >= 11 is 0. The van der Waals surface area contributed by atoms with Gasteiger partial charge in [0.2, 0.25) is 0 Å². The van der Waals surface area contributed by atoms with Gasteiger partial charge in [-0.05, 0) is 0 Å². The molecule has 0 saturated carbocycles. The molecule has 0 rings (SSSR count). The highest BCUT2D eigenvalue weighted by Gasteiger charge is 1.22. The molecule has 0 aromatic rings. The summed E-state index contributed by atoms with van der Waals surface area (Å²) in [6, 6.07) is 0. The van der Waals surface area contributed by atoms with Crippen molar-refractivity contribution in [1.29, 1.82) is 0 Å². The first-order valence-corrected chi connectivity index (χ1v) is 0.494. The molecule has 0 fully saturated rings. The fourth-order valence-corrected chi connectivity index (χ4v) is 0. The average Bonchev–Trinajstić information content (AvgIpc) is 0.918. The summed E-state index contributed by atoms with van der Waals surface area (Å²) in [4.78, 5) is 8.36. The molecule has 0 spiro atoms.